The molecule has 126 valence electrons. The largest absolute Gasteiger partial charge is 0.354 e. The Kier molecular flexibility index (Phi) is 5.92. The number of nitrogens with zero attached hydrogens (tertiary/aromatic N) is 1. The van der Waals surface area contributed by atoms with Crippen LogP contribution < -0.4 is 10.6 Å². The van der Waals surface area contributed by atoms with Gasteiger partial charge in [0.2, 0.25) is 5.91 Å². The number of hydrogen-bond acceptors (Lipinski definition) is 3. The summed E-state index contributed by atoms with van der Waals surface area (Å²) in [5, 5.41) is 7.23. The van der Waals surface area contributed by atoms with Crippen molar-refractivity contribution < 1.29 is 4.79 Å². The molecule has 1 aromatic carbocycles. The molecule has 2 aliphatic heterocycles. The average molecular weight is 336 g/mol. The van der Waals surface area contributed by atoms with E-state index in [0.29, 0.717) is 5.92 Å². The highest BCUT2D eigenvalue weighted by molar-refractivity contribution is 6.31. The molecule has 5 heteroatoms. The first kappa shape index (κ1) is 16.7. The van der Waals surface area contributed by atoms with E-state index in [1.54, 1.807) is 0 Å². The van der Waals surface area contributed by atoms with Crippen molar-refractivity contribution in [1.82, 2.24) is 15.5 Å². The van der Waals surface area contributed by atoms with E-state index in [4.69, 9.17) is 11.6 Å². The molecule has 2 N–H and O–H groups in total. The molecule has 1 amide bonds. The molecule has 4 nitrogen and oxygen atoms in total. The minimum atomic E-state index is 0.0373. The van der Waals surface area contributed by atoms with E-state index < -0.39 is 0 Å². The van der Waals surface area contributed by atoms with Gasteiger partial charge in [-0.15, -0.1) is 0 Å². The topological polar surface area (TPSA) is 44.4 Å². The third-order valence-electron chi connectivity index (χ3n) is 5.00. The lowest BCUT2D eigenvalue weighted by molar-refractivity contribution is -0.123. The van der Waals surface area contributed by atoms with Crippen LogP contribution in [-0.4, -0.2) is 43.0 Å². The Morgan fingerprint density at radius 1 is 1.26 bits per heavy atom. The maximum Gasteiger partial charge on any atom is 0.237 e. The van der Waals surface area contributed by atoms with Crippen molar-refractivity contribution >= 4 is 17.5 Å². The number of nitrogens with one attached hydrogen (secondary N) is 2. The summed E-state index contributed by atoms with van der Waals surface area (Å²) >= 11 is 6.24. The molecule has 0 bridgehead atoms. The van der Waals surface area contributed by atoms with E-state index in [9.17, 15) is 4.79 Å². The maximum absolute atomic E-state index is 12.0. The van der Waals surface area contributed by atoms with Crippen molar-refractivity contribution in [3.63, 3.8) is 0 Å². The number of piperidine rings is 1. The molecule has 1 aromatic rings. The number of amides is 1. The third kappa shape index (κ3) is 4.69. The van der Waals surface area contributed by atoms with Crippen molar-refractivity contribution in [3.05, 3.63) is 34.9 Å². The Bertz CT molecular complexity index is 523. The molecule has 23 heavy (non-hydrogen) atoms. The molecule has 2 saturated heterocycles. The number of halogens is 1. The number of hydrogen-bond donors (Lipinski definition) is 2. The van der Waals surface area contributed by atoms with Crippen LogP contribution in [0.2, 0.25) is 5.02 Å². The van der Waals surface area contributed by atoms with Crippen LogP contribution in [0.25, 0.3) is 0 Å². The zero-order valence-electron chi connectivity index (χ0n) is 13.6. The predicted octanol–water partition coefficient (Wildman–Crippen LogP) is 2.42. The van der Waals surface area contributed by atoms with Gasteiger partial charge in [-0.2, -0.15) is 0 Å². The highest BCUT2D eigenvalue weighted by Crippen LogP contribution is 2.22. The summed E-state index contributed by atoms with van der Waals surface area (Å²) < 4.78 is 0. The van der Waals surface area contributed by atoms with Gasteiger partial charge in [0.15, 0.2) is 0 Å². The fourth-order valence-corrected chi connectivity index (χ4v) is 3.69. The molecule has 2 heterocycles. The van der Waals surface area contributed by atoms with Crippen LogP contribution >= 0.6 is 11.6 Å². The quantitative estimate of drug-likeness (QED) is 0.868. The highest BCUT2D eigenvalue weighted by Gasteiger charge is 2.24. The zero-order valence-corrected chi connectivity index (χ0v) is 14.3. The normalized spacial score (nSPS) is 23.1. The van der Waals surface area contributed by atoms with Crippen molar-refractivity contribution in [2.75, 3.05) is 26.2 Å². The van der Waals surface area contributed by atoms with Gasteiger partial charge in [0, 0.05) is 18.1 Å². The van der Waals surface area contributed by atoms with Crippen LogP contribution in [-0.2, 0) is 11.3 Å². The molecular formula is C18H26ClN3O. The lowest BCUT2D eigenvalue weighted by atomic mass is 9.96. The summed E-state index contributed by atoms with van der Waals surface area (Å²) in [4.78, 5) is 14.5. The fraction of sp³-hybridized carbons (Fsp3) is 0.611. The van der Waals surface area contributed by atoms with Crippen molar-refractivity contribution in [1.29, 1.82) is 0 Å². The van der Waals surface area contributed by atoms with E-state index in [-0.39, 0.29) is 11.9 Å². The first-order valence-electron chi connectivity index (χ1n) is 8.69. The average Bonchev–Trinajstić information content (AvgIpc) is 3.11. The lowest BCUT2D eigenvalue weighted by Crippen LogP contribution is -2.44. The minimum Gasteiger partial charge on any atom is -0.354 e. The molecule has 0 aromatic heterocycles. The van der Waals surface area contributed by atoms with E-state index >= 15 is 0 Å². The number of carbonyl (C=O) groups excluding carboxylic acids is 1. The second kappa shape index (κ2) is 8.13. The molecule has 0 radical (unpaired) electrons. The number of rotatable bonds is 5. The molecule has 0 spiro atoms. The second-order valence-corrected chi connectivity index (χ2v) is 7.11. The van der Waals surface area contributed by atoms with Gasteiger partial charge in [0.1, 0.15) is 0 Å². The van der Waals surface area contributed by atoms with Crippen LogP contribution in [0.3, 0.4) is 0 Å². The fourth-order valence-electron chi connectivity index (χ4n) is 3.49. The Balaban J connectivity index is 1.38. The minimum absolute atomic E-state index is 0.0373. The van der Waals surface area contributed by atoms with Gasteiger partial charge < -0.3 is 10.6 Å². The summed E-state index contributed by atoms with van der Waals surface area (Å²) in [6, 6.07) is 8.11. The van der Waals surface area contributed by atoms with Gasteiger partial charge in [-0.25, -0.2) is 0 Å². The third-order valence-corrected chi connectivity index (χ3v) is 5.37. The molecule has 2 aliphatic rings. The maximum atomic E-state index is 12.0. The van der Waals surface area contributed by atoms with Crippen molar-refractivity contribution in [3.8, 4) is 0 Å². The molecule has 2 fully saturated rings. The molecule has 0 unspecified atom stereocenters. The van der Waals surface area contributed by atoms with E-state index in [0.717, 1.165) is 63.4 Å². The Hall–Kier alpha value is -1.10. The summed E-state index contributed by atoms with van der Waals surface area (Å²) in [5.41, 5.74) is 1.20. The number of likely N-dealkylation sites (tertiary alicyclic amines) is 1. The summed E-state index contributed by atoms with van der Waals surface area (Å²) in [7, 11) is 0. The number of benzene rings is 1. The number of carbonyl (C=O) groups is 1. The Labute approximate surface area is 143 Å². The summed E-state index contributed by atoms with van der Waals surface area (Å²) in [5.74, 6) is 0.781. The van der Waals surface area contributed by atoms with Gasteiger partial charge in [0.05, 0.1) is 6.04 Å². The lowest BCUT2D eigenvalue weighted by Gasteiger charge is -2.32. The molecular weight excluding hydrogens is 310 g/mol. The second-order valence-electron chi connectivity index (χ2n) is 6.71. The van der Waals surface area contributed by atoms with Gasteiger partial charge >= 0.3 is 0 Å². The molecule has 3 rings (SSSR count). The van der Waals surface area contributed by atoms with Gasteiger partial charge in [-0.05, 0) is 62.9 Å². The molecule has 0 aliphatic carbocycles. The van der Waals surface area contributed by atoms with Gasteiger partial charge in [-0.3, -0.25) is 9.69 Å². The SMILES string of the molecule is O=C(NCC1CCN(Cc2ccccc2Cl)CC1)[C@@H]1CCCN1. The van der Waals surface area contributed by atoms with Crippen LogP contribution in [0.15, 0.2) is 24.3 Å². The smallest absolute Gasteiger partial charge is 0.237 e. The van der Waals surface area contributed by atoms with Crippen LogP contribution in [0.4, 0.5) is 0 Å². The zero-order chi connectivity index (χ0) is 16.1. The standard InChI is InChI=1S/C18H26ClN3O/c19-16-5-2-1-4-15(16)13-22-10-7-14(8-11-22)12-21-18(23)17-6-3-9-20-17/h1-2,4-5,14,17,20H,3,6-13H2,(H,21,23)/t17-/m0/s1. The summed E-state index contributed by atoms with van der Waals surface area (Å²) in [6.45, 7) is 4.86. The Morgan fingerprint density at radius 3 is 2.74 bits per heavy atom. The van der Waals surface area contributed by atoms with Crippen LogP contribution in [0, 0.1) is 5.92 Å². The highest BCUT2D eigenvalue weighted by atomic mass is 35.5. The van der Waals surface area contributed by atoms with Gasteiger partial charge in [-0.1, -0.05) is 29.8 Å². The Morgan fingerprint density at radius 2 is 2.04 bits per heavy atom. The first-order valence-corrected chi connectivity index (χ1v) is 9.07. The monoisotopic (exact) mass is 335 g/mol. The van der Waals surface area contributed by atoms with Crippen LogP contribution in [0.1, 0.15) is 31.2 Å². The van der Waals surface area contributed by atoms with E-state index in [1.807, 2.05) is 18.2 Å². The molecule has 0 saturated carbocycles. The predicted molar refractivity (Wildman–Crippen MR) is 93.5 cm³/mol. The molecule has 1 atom stereocenters. The van der Waals surface area contributed by atoms with Gasteiger partial charge in [0.25, 0.3) is 0 Å². The first-order chi connectivity index (χ1) is 11.2. The summed E-state index contributed by atoms with van der Waals surface area (Å²) in [6.07, 6.45) is 4.37. The van der Waals surface area contributed by atoms with Crippen molar-refractivity contribution in [2.45, 2.75) is 38.3 Å². The van der Waals surface area contributed by atoms with E-state index in [1.165, 1.54) is 5.56 Å². The van der Waals surface area contributed by atoms with Crippen molar-refractivity contribution in [2.24, 2.45) is 5.92 Å². The van der Waals surface area contributed by atoms with E-state index in [2.05, 4.69) is 21.6 Å². The van der Waals surface area contributed by atoms with Crippen LogP contribution in [0.5, 0.6) is 0 Å².